The van der Waals surface area contributed by atoms with Gasteiger partial charge >= 0.3 is 6.61 Å². The Balaban J connectivity index is 1.89. The standard InChI is InChI=1S/C16H19F2N3O4/c1-22-12-8-10(2-3-11(12)24-15(17)18)13-20-14(25-21-13)16(9-19)4-6-23-7-5-16/h2-3,8,15H,4-7,9,19H2,1H3. The average Bonchev–Trinajstić information content (AvgIpc) is 3.13. The van der Waals surface area contributed by atoms with E-state index < -0.39 is 12.0 Å². The number of methoxy groups -OCH3 is 1. The normalized spacial score (nSPS) is 16.8. The minimum absolute atomic E-state index is 0.0622. The molecule has 25 heavy (non-hydrogen) atoms. The molecule has 0 bridgehead atoms. The molecule has 1 aliphatic heterocycles. The summed E-state index contributed by atoms with van der Waals surface area (Å²) in [5.41, 5.74) is 6.11. The van der Waals surface area contributed by atoms with Crippen LogP contribution in [0.25, 0.3) is 11.4 Å². The van der Waals surface area contributed by atoms with Crippen molar-refractivity contribution in [3.63, 3.8) is 0 Å². The Morgan fingerprint density at radius 1 is 1.28 bits per heavy atom. The molecule has 0 aliphatic carbocycles. The smallest absolute Gasteiger partial charge is 0.387 e. The quantitative estimate of drug-likeness (QED) is 0.850. The van der Waals surface area contributed by atoms with E-state index in [9.17, 15) is 8.78 Å². The second-order valence-electron chi connectivity index (χ2n) is 5.76. The molecule has 0 unspecified atom stereocenters. The number of halogens is 2. The van der Waals surface area contributed by atoms with Gasteiger partial charge in [-0.25, -0.2) is 0 Å². The predicted molar refractivity (Wildman–Crippen MR) is 83.7 cm³/mol. The van der Waals surface area contributed by atoms with E-state index in [-0.39, 0.29) is 11.5 Å². The minimum atomic E-state index is -2.94. The summed E-state index contributed by atoms with van der Waals surface area (Å²) in [6.45, 7) is -1.39. The van der Waals surface area contributed by atoms with E-state index in [0.717, 1.165) is 0 Å². The molecule has 3 rings (SSSR count). The number of nitrogens with zero attached hydrogens (tertiary/aromatic N) is 2. The lowest BCUT2D eigenvalue weighted by atomic mass is 9.80. The van der Waals surface area contributed by atoms with Crippen molar-refractivity contribution < 1.29 is 27.5 Å². The van der Waals surface area contributed by atoms with Gasteiger partial charge < -0.3 is 24.5 Å². The van der Waals surface area contributed by atoms with Crippen LogP contribution in [-0.4, -0.2) is 43.6 Å². The van der Waals surface area contributed by atoms with Crippen LogP contribution in [0.5, 0.6) is 11.5 Å². The molecule has 0 saturated carbocycles. The maximum absolute atomic E-state index is 12.4. The molecule has 0 radical (unpaired) electrons. The molecule has 1 aromatic carbocycles. The highest BCUT2D eigenvalue weighted by Gasteiger charge is 2.38. The number of rotatable bonds is 6. The number of ether oxygens (including phenoxy) is 3. The SMILES string of the molecule is COc1cc(-c2noc(C3(CN)CCOCC3)n2)ccc1OC(F)F. The van der Waals surface area contributed by atoms with Gasteiger partial charge in [0.25, 0.3) is 0 Å². The van der Waals surface area contributed by atoms with Crippen LogP contribution in [0.15, 0.2) is 22.7 Å². The highest BCUT2D eigenvalue weighted by atomic mass is 19.3. The lowest BCUT2D eigenvalue weighted by molar-refractivity contribution is -0.0512. The van der Waals surface area contributed by atoms with Gasteiger partial charge in [0.05, 0.1) is 12.5 Å². The highest BCUT2D eigenvalue weighted by Crippen LogP contribution is 2.36. The Labute approximate surface area is 143 Å². The Hall–Kier alpha value is -2.26. The second-order valence-corrected chi connectivity index (χ2v) is 5.76. The Morgan fingerprint density at radius 3 is 2.68 bits per heavy atom. The summed E-state index contributed by atoms with van der Waals surface area (Å²) >= 11 is 0. The van der Waals surface area contributed by atoms with Crippen LogP contribution in [-0.2, 0) is 10.2 Å². The van der Waals surface area contributed by atoms with Gasteiger partial charge in [-0.15, -0.1) is 0 Å². The first-order valence-electron chi connectivity index (χ1n) is 7.83. The summed E-state index contributed by atoms with van der Waals surface area (Å²) in [6, 6.07) is 4.46. The third kappa shape index (κ3) is 3.57. The van der Waals surface area contributed by atoms with E-state index in [4.69, 9.17) is 19.7 Å². The topological polar surface area (TPSA) is 92.6 Å². The van der Waals surface area contributed by atoms with E-state index in [1.165, 1.54) is 19.2 Å². The summed E-state index contributed by atoms with van der Waals surface area (Å²) in [4.78, 5) is 4.46. The third-order valence-electron chi connectivity index (χ3n) is 4.36. The zero-order valence-electron chi connectivity index (χ0n) is 13.7. The Morgan fingerprint density at radius 2 is 2.04 bits per heavy atom. The first kappa shape index (κ1) is 17.6. The van der Waals surface area contributed by atoms with Gasteiger partial charge in [-0.2, -0.15) is 13.8 Å². The minimum Gasteiger partial charge on any atom is -0.493 e. The average molecular weight is 355 g/mol. The fourth-order valence-corrected chi connectivity index (χ4v) is 2.82. The van der Waals surface area contributed by atoms with E-state index in [1.54, 1.807) is 6.07 Å². The van der Waals surface area contributed by atoms with Crippen LogP contribution >= 0.6 is 0 Å². The fraction of sp³-hybridized carbons (Fsp3) is 0.500. The van der Waals surface area contributed by atoms with Crippen molar-refractivity contribution in [1.29, 1.82) is 0 Å². The Kier molecular flexibility index (Phi) is 5.14. The van der Waals surface area contributed by atoms with Gasteiger partial charge in [-0.3, -0.25) is 0 Å². The molecule has 0 spiro atoms. The molecule has 1 aliphatic rings. The number of hydrogen-bond donors (Lipinski definition) is 1. The van der Waals surface area contributed by atoms with Crippen LogP contribution < -0.4 is 15.2 Å². The molecule has 1 saturated heterocycles. The highest BCUT2D eigenvalue weighted by molar-refractivity contribution is 5.60. The summed E-state index contributed by atoms with van der Waals surface area (Å²) < 4.78 is 45.1. The van der Waals surface area contributed by atoms with Crippen molar-refractivity contribution >= 4 is 0 Å². The molecule has 2 N–H and O–H groups in total. The van der Waals surface area contributed by atoms with E-state index in [1.807, 2.05) is 0 Å². The lowest BCUT2D eigenvalue weighted by Crippen LogP contribution is -2.40. The van der Waals surface area contributed by atoms with E-state index in [2.05, 4.69) is 14.9 Å². The molecular weight excluding hydrogens is 336 g/mol. The molecule has 1 fully saturated rings. The molecule has 0 atom stereocenters. The van der Waals surface area contributed by atoms with Crippen LogP contribution in [0.1, 0.15) is 18.7 Å². The largest absolute Gasteiger partial charge is 0.493 e. The van der Waals surface area contributed by atoms with E-state index in [0.29, 0.717) is 49.9 Å². The molecule has 2 aromatic rings. The molecule has 0 amide bonds. The Bertz CT molecular complexity index is 717. The molecule has 9 heteroatoms. The van der Waals surface area contributed by atoms with Crippen molar-refractivity contribution in [2.75, 3.05) is 26.9 Å². The third-order valence-corrected chi connectivity index (χ3v) is 4.36. The number of hydrogen-bond acceptors (Lipinski definition) is 7. The second kappa shape index (κ2) is 7.32. The maximum Gasteiger partial charge on any atom is 0.387 e. The van der Waals surface area contributed by atoms with Gasteiger partial charge in [0.2, 0.25) is 11.7 Å². The van der Waals surface area contributed by atoms with Gasteiger partial charge in [0.1, 0.15) is 0 Å². The summed E-state index contributed by atoms with van der Waals surface area (Å²) in [5.74, 6) is 0.882. The van der Waals surface area contributed by atoms with E-state index >= 15 is 0 Å². The number of benzene rings is 1. The van der Waals surface area contributed by atoms with Crippen molar-refractivity contribution in [3.05, 3.63) is 24.1 Å². The zero-order valence-corrected chi connectivity index (χ0v) is 13.7. The van der Waals surface area contributed by atoms with Crippen LogP contribution in [0.3, 0.4) is 0 Å². The van der Waals surface area contributed by atoms with Crippen molar-refractivity contribution in [3.8, 4) is 22.9 Å². The van der Waals surface area contributed by atoms with Gasteiger partial charge in [0.15, 0.2) is 11.5 Å². The summed E-state index contributed by atoms with van der Waals surface area (Å²) in [6.07, 6.45) is 1.41. The van der Waals surface area contributed by atoms with Crippen molar-refractivity contribution in [2.24, 2.45) is 5.73 Å². The zero-order chi connectivity index (χ0) is 17.9. The molecule has 7 nitrogen and oxygen atoms in total. The molecule has 136 valence electrons. The molecular formula is C16H19F2N3O4. The van der Waals surface area contributed by atoms with Gasteiger partial charge in [-0.05, 0) is 31.0 Å². The van der Waals surface area contributed by atoms with Crippen LogP contribution in [0.4, 0.5) is 8.78 Å². The van der Waals surface area contributed by atoms with Gasteiger partial charge in [-0.1, -0.05) is 5.16 Å². The first-order chi connectivity index (χ1) is 12.1. The van der Waals surface area contributed by atoms with Crippen LogP contribution in [0.2, 0.25) is 0 Å². The lowest BCUT2D eigenvalue weighted by Gasteiger charge is -2.32. The molecule has 1 aromatic heterocycles. The molecule has 2 heterocycles. The number of nitrogens with two attached hydrogens (primary N) is 1. The predicted octanol–water partition coefficient (Wildman–Crippen LogP) is 2.35. The monoisotopic (exact) mass is 355 g/mol. The summed E-state index contributed by atoms with van der Waals surface area (Å²) in [7, 11) is 1.37. The summed E-state index contributed by atoms with van der Waals surface area (Å²) in [5, 5.41) is 3.99. The van der Waals surface area contributed by atoms with Gasteiger partial charge in [0, 0.05) is 25.3 Å². The first-order valence-corrected chi connectivity index (χ1v) is 7.83. The van der Waals surface area contributed by atoms with Crippen molar-refractivity contribution in [1.82, 2.24) is 10.1 Å². The maximum atomic E-state index is 12.4. The number of aromatic nitrogens is 2. The van der Waals surface area contributed by atoms with Crippen molar-refractivity contribution in [2.45, 2.75) is 24.9 Å². The van der Waals surface area contributed by atoms with Crippen LogP contribution in [0, 0.1) is 0 Å². The number of alkyl halides is 2. The fourth-order valence-electron chi connectivity index (χ4n) is 2.82.